The molecule has 2 atom stereocenters. The molecule has 3 heterocycles. The highest BCUT2D eigenvalue weighted by molar-refractivity contribution is 6.30. The van der Waals surface area contributed by atoms with Gasteiger partial charge >= 0.3 is 12.2 Å². The van der Waals surface area contributed by atoms with Crippen LogP contribution in [-0.4, -0.2) is 57.6 Å². The molecular weight excluding hydrogens is 433 g/mol. The Kier molecular flexibility index (Phi) is 5.83. The van der Waals surface area contributed by atoms with Gasteiger partial charge in [-0.25, -0.2) is 4.79 Å². The number of fused-ring (bicyclic) bond motifs is 1. The van der Waals surface area contributed by atoms with Crippen molar-refractivity contribution >= 4 is 23.4 Å². The molecule has 1 aromatic carbocycles. The number of halogens is 4. The van der Waals surface area contributed by atoms with Crippen molar-refractivity contribution in [2.75, 3.05) is 26.2 Å². The Labute approximate surface area is 182 Å². The third-order valence-electron chi connectivity index (χ3n) is 5.92. The van der Waals surface area contributed by atoms with Crippen LogP contribution in [0.3, 0.4) is 0 Å². The standard InChI is InChI=1S/C21H22ClF3N4O2/c1-2-19(30)18-3-4-29(26-18)20(31)28-11-14-9-27(10-15(14)12-28)8-13-5-16(21(23,24)25)7-17(22)6-13/h3-7,14-15H,2,8-12H2,1H3. The monoisotopic (exact) mass is 454 g/mol. The topological polar surface area (TPSA) is 58.4 Å². The zero-order valence-electron chi connectivity index (χ0n) is 16.9. The molecule has 1 amide bonds. The maximum atomic E-state index is 13.0. The summed E-state index contributed by atoms with van der Waals surface area (Å²) in [7, 11) is 0. The first-order chi connectivity index (χ1) is 14.6. The zero-order chi connectivity index (χ0) is 22.3. The number of ketones is 1. The van der Waals surface area contributed by atoms with Crippen LogP contribution < -0.4 is 0 Å². The van der Waals surface area contributed by atoms with E-state index in [1.54, 1.807) is 24.0 Å². The number of nitrogens with zero attached hydrogens (tertiary/aromatic N) is 4. The molecule has 2 fully saturated rings. The van der Waals surface area contributed by atoms with Crippen LogP contribution in [-0.2, 0) is 12.7 Å². The SMILES string of the molecule is CCC(=O)c1ccn(C(=O)N2CC3CN(Cc4cc(Cl)cc(C(F)(F)F)c4)CC3C2)n1. The van der Waals surface area contributed by atoms with Crippen molar-refractivity contribution in [2.24, 2.45) is 11.8 Å². The average Bonchev–Trinajstić information content (AvgIpc) is 3.40. The molecule has 0 radical (unpaired) electrons. The van der Waals surface area contributed by atoms with Crippen LogP contribution in [0.4, 0.5) is 18.0 Å². The van der Waals surface area contributed by atoms with Crippen LogP contribution in [0, 0.1) is 11.8 Å². The number of hydrogen-bond acceptors (Lipinski definition) is 4. The second kappa shape index (κ2) is 8.27. The highest BCUT2D eigenvalue weighted by Crippen LogP contribution is 2.35. The molecular formula is C21H22ClF3N4O2. The molecule has 2 aliphatic heterocycles. The van der Waals surface area contributed by atoms with Gasteiger partial charge in [-0.1, -0.05) is 18.5 Å². The second-order valence-corrected chi connectivity index (χ2v) is 8.61. The Bertz CT molecular complexity index is 993. The Balaban J connectivity index is 1.36. The van der Waals surface area contributed by atoms with Crippen LogP contribution in [0.2, 0.25) is 5.02 Å². The number of likely N-dealkylation sites (tertiary alicyclic amines) is 2. The number of rotatable bonds is 4. The van der Waals surface area contributed by atoms with Gasteiger partial charge in [0.05, 0.1) is 5.56 Å². The van der Waals surface area contributed by atoms with Gasteiger partial charge in [-0.05, 0) is 41.7 Å². The summed E-state index contributed by atoms with van der Waals surface area (Å²) in [4.78, 5) is 28.3. The number of carbonyl (C=O) groups excluding carboxylic acids is 2. The number of amides is 1. The van der Waals surface area contributed by atoms with Crippen LogP contribution in [0.5, 0.6) is 0 Å². The van der Waals surface area contributed by atoms with Crippen LogP contribution >= 0.6 is 11.6 Å². The third-order valence-corrected chi connectivity index (χ3v) is 6.13. The molecule has 4 rings (SSSR count). The van der Waals surface area contributed by atoms with E-state index in [4.69, 9.17) is 11.6 Å². The van der Waals surface area contributed by atoms with Crippen molar-refractivity contribution in [3.05, 3.63) is 52.3 Å². The molecule has 2 aliphatic rings. The molecule has 2 unspecified atom stereocenters. The molecule has 2 saturated heterocycles. The normalized spacial score (nSPS) is 21.5. The number of aromatic nitrogens is 2. The molecule has 0 saturated carbocycles. The minimum absolute atomic E-state index is 0.0705. The summed E-state index contributed by atoms with van der Waals surface area (Å²) in [5.74, 6) is 0.380. The Hall–Kier alpha value is -2.39. The summed E-state index contributed by atoms with van der Waals surface area (Å²) >= 11 is 5.89. The van der Waals surface area contributed by atoms with Crippen LogP contribution in [0.25, 0.3) is 0 Å². The first-order valence-corrected chi connectivity index (χ1v) is 10.5. The number of benzene rings is 1. The van der Waals surface area contributed by atoms with Gasteiger partial charge in [-0.3, -0.25) is 9.69 Å². The molecule has 0 aliphatic carbocycles. The fourth-order valence-corrected chi connectivity index (χ4v) is 4.70. The van der Waals surface area contributed by atoms with E-state index >= 15 is 0 Å². The van der Waals surface area contributed by atoms with E-state index in [2.05, 4.69) is 10.00 Å². The maximum Gasteiger partial charge on any atom is 0.416 e. The zero-order valence-corrected chi connectivity index (χ0v) is 17.7. The molecule has 2 aromatic rings. The van der Waals surface area contributed by atoms with E-state index in [1.807, 2.05) is 0 Å². The Morgan fingerprint density at radius 3 is 2.42 bits per heavy atom. The lowest BCUT2D eigenvalue weighted by Gasteiger charge is -2.22. The fourth-order valence-electron chi connectivity index (χ4n) is 4.44. The average molecular weight is 455 g/mol. The Morgan fingerprint density at radius 1 is 1.13 bits per heavy atom. The summed E-state index contributed by atoms with van der Waals surface area (Å²) < 4.78 is 40.3. The van der Waals surface area contributed by atoms with Crippen molar-refractivity contribution < 1.29 is 22.8 Å². The lowest BCUT2D eigenvalue weighted by atomic mass is 10.0. The summed E-state index contributed by atoms with van der Waals surface area (Å²) in [6, 6.07) is 4.92. The van der Waals surface area contributed by atoms with Crippen molar-refractivity contribution in [3.8, 4) is 0 Å². The van der Waals surface area contributed by atoms with E-state index < -0.39 is 11.7 Å². The first kappa shape index (κ1) is 21.8. The molecule has 10 heteroatoms. The van der Waals surface area contributed by atoms with Gasteiger partial charge in [0.25, 0.3) is 0 Å². The van der Waals surface area contributed by atoms with Gasteiger partial charge in [0.15, 0.2) is 5.78 Å². The van der Waals surface area contributed by atoms with Gasteiger partial charge in [0.1, 0.15) is 5.69 Å². The number of Topliss-reactive ketones (excluding diaryl/α,β-unsaturated/α-hetero) is 1. The minimum atomic E-state index is -4.43. The third kappa shape index (κ3) is 4.62. The van der Waals surface area contributed by atoms with E-state index in [-0.39, 0.29) is 34.4 Å². The highest BCUT2D eigenvalue weighted by Gasteiger charge is 2.42. The van der Waals surface area contributed by atoms with Gasteiger partial charge in [-0.15, -0.1) is 0 Å². The van der Waals surface area contributed by atoms with Crippen LogP contribution in [0.1, 0.15) is 35.0 Å². The molecule has 0 bridgehead atoms. The summed E-state index contributed by atoms with van der Waals surface area (Å²) in [6.45, 7) is 4.62. The van der Waals surface area contributed by atoms with Crippen molar-refractivity contribution in [3.63, 3.8) is 0 Å². The molecule has 0 N–H and O–H groups in total. The predicted octanol–water partition coefficient (Wildman–Crippen LogP) is 4.18. The molecule has 166 valence electrons. The molecule has 6 nitrogen and oxygen atoms in total. The molecule has 0 spiro atoms. The van der Waals surface area contributed by atoms with Crippen molar-refractivity contribution in [1.82, 2.24) is 19.6 Å². The summed E-state index contributed by atoms with van der Waals surface area (Å²) in [6.07, 6.45) is -2.61. The quantitative estimate of drug-likeness (QED) is 0.650. The van der Waals surface area contributed by atoms with Gasteiger partial charge in [0.2, 0.25) is 0 Å². The predicted molar refractivity (Wildman–Crippen MR) is 108 cm³/mol. The van der Waals surface area contributed by atoms with Gasteiger partial charge in [0, 0.05) is 50.4 Å². The van der Waals surface area contributed by atoms with E-state index in [0.717, 1.165) is 12.1 Å². The van der Waals surface area contributed by atoms with Crippen molar-refractivity contribution in [1.29, 1.82) is 0 Å². The second-order valence-electron chi connectivity index (χ2n) is 8.17. The van der Waals surface area contributed by atoms with E-state index in [0.29, 0.717) is 44.7 Å². The summed E-state index contributed by atoms with van der Waals surface area (Å²) in [5.41, 5.74) is 0.0601. The molecule has 1 aromatic heterocycles. The molecule has 31 heavy (non-hydrogen) atoms. The van der Waals surface area contributed by atoms with Gasteiger partial charge < -0.3 is 4.90 Å². The highest BCUT2D eigenvalue weighted by atomic mass is 35.5. The maximum absolute atomic E-state index is 13.0. The number of alkyl halides is 3. The van der Waals surface area contributed by atoms with E-state index in [1.165, 1.54) is 10.9 Å². The smallest absolute Gasteiger partial charge is 0.322 e. The lowest BCUT2D eigenvalue weighted by Crippen LogP contribution is -2.36. The van der Waals surface area contributed by atoms with Crippen LogP contribution in [0.15, 0.2) is 30.5 Å². The van der Waals surface area contributed by atoms with Gasteiger partial charge in [-0.2, -0.15) is 23.0 Å². The number of carbonyl (C=O) groups is 2. The fraction of sp³-hybridized carbons (Fsp3) is 0.476. The summed E-state index contributed by atoms with van der Waals surface area (Å²) in [5, 5.41) is 4.16. The van der Waals surface area contributed by atoms with Crippen molar-refractivity contribution in [2.45, 2.75) is 26.1 Å². The number of hydrogen-bond donors (Lipinski definition) is 0. The van der Waals surface area contributed by atoms with E-state index in [9.17, 15) is 22.8 Å². The Morgan fingerprint density at radius 2 is 1.81 bits per heavy atom. The lowest BCUT2D eigenvalue weighted by molar-refractivity contribution is -0.137. The minimum Gasteiger partial charge on any atom is -0.322 e. The largest absolute Gasteiger partial charge is 0.416 e. The first-order valence-electron chi connectivity index (χ1n) is 10.1.